The lowest BCUT2D eigenvalue weighted by Crippen LogP contribution is -2.37. The fourth-order valence-electron chi connectivity index (χ4n) is 5.66. The molecule has 0 fully saturated rings. The molecule has 0 rings (SSSR count). The summed E-state index contributed by atoms with van der Waals surface area (Å²) in [5.41, 5.74) is 0. The molecule has 0 heterocycles. The van der Waals surface area contributed by atoms with Gasteiger partial charge < -0.3 is 27.9 Å². The molecule has 0 aliphatic heterocycles. The second kappa shape index (κ2) is 37.5. The lowest BCUT2D eigenvalue weighted by Gasteiger charge is -2.28. The summed E-state index contributed by atoms with van der Waals surface area (Å²) in [6.07, 6.45) is 42.9. The first-order valence-electron chi connectivity index (χ1n) is 21.8. The van der Waals surface area contributed by atoms with Crippen molar-refractivity contribution >= 4 is 19.8 Å². The first-order chi connectivity index (χ1) is 26.5. The average Bonchev–Trinajstić information content (AvgIpc) is 3.13. The van der Waals surface area contributed by atoms with Gasteiger partial charge in [-0.2, -0.15) is 0 Å². The SMILES string of the molecule is CCCCCC/C=C\C/C=C\C/C=C\C/C=C\CCC(=O)OC(COC(=O)CCCCCCCCCCCCCCCC)COP(=O)([O-])OCC[N+](C)(C)C. The molecule has 0 aromatic heterocycles. The zero-order chi connectivity index (χ0) is 40.7. The van der Waals surface area contributed by atoms with Crippen molar-refractivity contribution in [2.75, 3.05) is 47.5 Å². The summed E-state index contributed by atoms with van der Waals surface area (Å²) < 4.78 is 33.8. The van der Waals surface area contributed by atoms with Crippen LogP contribution in [0.25, 0.3) is 0 Å². The lowest BCUT2D eigenvalue weighted by molar-refractivity contribution is -0.870. The molecule has 0 saturated carbocycles. The zero-order valence-electron chi connectivity index (χ0n) is 35.9. The van der Waals surface area contributed by atoms with Crippen molar-refractivity contribution in [3.63, 3.8) is 0 Å². The first-order valence-corrected chi connectivity index (χ1v) is 23.3. The van der Waals surface area contributed by atoms with Crippen LogP contribution in [-0.2, 0) is 32.7 Å². The van der Waals surface area contributed by atoms with Gasteiger partial charge in [0.2, 0.25) is 0 Å². The minimum absolute atomic E-state index is 0.0436. The summed E-state index contributed by atoms with van der Waals surface area (Å²) in [5, 5.41) is 0. The summed E-state index contributed by atoms with van der Waals surface area (Å²) in [7, 11) is 1.12. The predicted molar refractivity (Wildman–Crippen MR) is 227 cm³/mol. The van der Waals surface area contributed by atoms with Gasteiger partial charge in [0.25, 0.3) is 7.82 Å². The first kappa shape index (κ1) is 53.0. The number of ether oxygens (including phenoxy) is 2. The van der Waals surface area contributed by atoms with E-state index in [0.717, 1.165) is 38.5 Å². The molecule has 0 N–H and O–H groups in total. The van der Waals surface area contributed by atoms with Crippen LogP contribution in [0.4, 0.5) is 0 Å². The molecule has 0 spiro atoms. The normalized spacial score (nSPS) is 14.1. The molecule has 2 unspecified atom stereocenters. The summed E-state index contributed by atoms with van der Waals surface area (Å²) in [4.78, 5) is 37.4. The molecular weight excluding hydrogens is 713 g/mol. The van der Waals surface area contributed by atoms with Gasteiger partial charge in [-0.15, -0.1) is 0 Å². The van der Waals surface area contributed by atoms with E-state index in [1.165, 1.54) is 103 Å². The fraction of sp³-hybridized carbons (Fsp3) is 0.778. The summed E-state index contributed by atoms with van der Waals surface area (Å²) in [5.74, 6) is -0.926. The molecule has 0 saturated heterocycles. The van der Waals surface area contributed by atoms with Crippen LogP contribution in [0, 0.1) is 0 Å². The minimum Gasteiger partial charge on any atom is -0.756 e. The number of phosphoric acid groups is 1. The van der Waals surface area contributed by atoms with Crippen LogP contribution >= 0.6 is 7.82 Å². The Hall–Kier alpha value is -2.03. The Balaban J connectivity index is 4.49. The van der Waals surface area contributed by atoms with Gasteiger partial charge in [-0.05, 0) is 44.9 Å². The number of unbranched alkanes of at least 4 members (excludes halogenated alkanes) is 17. The molecular formula is C45H82NO8P. The number of esters is 2. The van der Waals surface area contributed by atoms with E-state index in [1.807, 2.05) is 33.3 Å². The topological polar surface area (TPSA) is 111 Å². The summed E-state index contributed by atoms with van der Waals surface area (Å²) in [6, 6.07) is 0. The van der Waals surface area contributed by atoms with Gasteiger partial charge in [-0.1, -0.05) is 165 Å². The Kier molecular flexibility index (Phi) is 36.2. The van der Waals surface area contributed by atoms with Crippen LogP contribution in [0.1, 0.15) is 174 Å². The minimum atomic E-state index is -4.64. The Bertz CT molecular complexity index is 1080. The van der Waals surface area contributed by atoms with Crippen molar-refractivity contribution in [1.82, 2.24) is 0 Å². The summed E-state index contributed by atoms with van der Waals surface area (Å²) in [6.45, 7) is 4.12. The highest BCUT2D eigenvalue weighted by atomic mass is 31.2. The maximum Gasteiger partial charge on any atom is 0.306 e. The molecule has 0 bridgehead atoms. The zero-order valence-corrected chi connectivity index (χ0v) is 36.8. The van der Waals surface area contributed by atoms with E-state index >= 15 is 0 Å². The van der Waals surface area contributed by atoms with Gasteiger partial charge in [0.1, 0.15) is 19.8 Å². The van der Waals surface area contributed by atoms with Crippen LogP contribution in [0.2, 0.25) is 0 Å². The molecule has 0 aromatic rings. The maximum atomic E-state index is 12.6. The van der Waals surface area contributed by atoms with E-state index in [0.29, 0.717) is 17.4 Å². The van der Waals surface area contributed by atoms with Crippen molar-refractivity contribution < 1.29 is 42.1 Å². The van der Waals surface area contributed by atoms with E-state index in [4.69, 9.17) is 18.5 Å². The standard InChI is InChI=1S/C45H82NO8P/c1-6-8-10-12-14-16-18-20-22-23-24-26-28-30-32-34-36-38-45(48)54-43(42-53-55(49,50)52-40-39-46(3,4)5)41-51-44(47)37-35-33-31-29-27-25-21-19-17-15-13-11-9-7-2/h16,18,22-23,26,28,32,34,43H,6-15,17,19-21,24-25,27,29-31,33,35-42H2,1-5H3/b18-16-,23-22-,28-26-,34-32-. The Morgan fingerprint density at radius 3 is 1.53 bits per heavy atom. The highest BCUT2D eigenvalue weighted by Gasteiger charge is 2.21. The third kappa shape index (κ3) is 41.4. The number of hydrogen-bond donors (Lipinski definition) is 0. The number of quaternary nitrogens is 1. The van der Waals surface area contributed by atoms with Gasteiger partial charge in [0, 0.05) is 12.8 Å². The predicted octanol–water partition coefficient (Wildman–Crippen LogP) is 11.7. The van der Waals surface area contributed by atoms with Crippen LogP contribution in [-0.4, -0.2) is 70.0 Å². The third-order valence-corrected chi connectivity index (χ3v) is 10.1. The van der Waals surface area contributed by atoms with Gasteiger partial charge in [0.05, 0.1) is 27.7 Å². The monoisotopic (exact) mass is 796 g/mol. The number of likely N-dealkylation sites (N-methyl/N-ethyl adjacent to an activating group) is 1. The lowest BCUT2D eigenvalue weighted by atomic mass is 10.0. The Labute approximate surface area is 337 Å². The maximum absolute atomic E-state index is 12.6. The number of carbonyl (C=O) groups excluding carboxylic acids is 2. The molecule has 0 aromatic carbocycles. The molecule has 2 atom stereocenters. The number of phosphoric ester groups is 1. The quantitative estimate of drug-likeness (QED) is 0.0199. The molecule has 10 heteroatoms. The number of nitrogens with zero attached hydrogens (tertiary/aromatic N) is 1. The van der Waals surface area contributed by atoms with Gasteiger partial charge in [-0.25, -0.2) is 0 Å². The van der Waals surface area contributed by atoms with Gasteiger partial charge >= 0.3 is 11.9 Å². The van der Waals surface area contributed by atoms with Crippen molar-refractivity contribution in [3.8, 4) is 0 Å². The molecule has 0 aliphatic rings. The smallest absolute Gasteiger partial charge is 0.306 e. The van der Waals surface area contributed by atoms with Crippen LogP contribution in [0.3, 0.4) is 0 Å². The average molecular weight is 796 g/mol. The van der Waals surface area contributed by atoms with E-state index < -0.39 is 32.5 Å². The van der Waals surface area contributed by atoms with Gasteiger partial charge in [-0.3, -0.25) is 14.2 Å². The van der Waals surface area contributed by atoms with E-state index in [9.17, 15) is 19.0 Å². The number of hydrogen-bond acceptors (Lipinski definition) is 8. The van der Waals surface area contributed by atoms with Crippen LogP contribution < -0.4 is 4.89 Å². The number of carbonyl (C=O) groups is 2. The molecule has 0 amide bonds. The van der Waals surface area contributed by atoms with E-state index in [2.05, 4.69) is 50.3 Å². The largest absolute Gasteiger partial charge is 0.756 e. The van der Waals surface area contributed by atoms with Crippen molar-refractivity contribution in [3.05, 3.63) is 48.6 Å². The fourth-order valence-corrected chi connectivity index (χ4v) is 6.39. The summed E-state index contributed by atoms with van der Waals surface area (Å²) >= 11 is 0. The highest BCUT2D eigenvalue weighted by molar-refractivity contribution is 7.45. The van der Waals surface area contributed by atoms with Gasteiger partial charge in [0.15, 0.2) is 6.10 Å². The molecule has 320 valence electrons. The number of allylic oxidation sites excluding steroid dienone is 8. The highest BCUT2D eigenvalue weighted by Crippen LogP contribution is 2.38. The molecule has 9 nitrogen and oxygen atoms in total. The van der Waals surface area contributed by atoms with Crippen molar-refractivity contribution in [2.24, 2.45) is 0 Å². The van der Waals surface area contributed by atoms with E-state index in [1.54, 1.807) is 0 Å². The van der Waals surface area contributed by atoms with Crippen molar-refractivity contribution in [1.29, 1.82) is 0 Å². The second-order valence-corrected chi connectivity index (χ2v) is 17.1. The molecule has 55 heavy (non-hydrogen) atoms. The van der Waals surface area contributed by atoms with Crippen molar-refractivity contribution in [2.45, 2.75) is 180 Å². The second-order valence-electron chi connectivity index (χ2n) is 15.7. The number of rotatable bonds is 39. The third-order valence-electron chi connectivity index (χ3n) is 9.12. The van der Waals surface area contributed by atoms with Crippen LogP contribution in [0.5, 0.6) is 0 Å². The molecule has 0 aliphatic carbocycles. The Morgan fingerprint density at radius 1 is 0.564 bits per heavy atom. The van der Waals surface area contributed by atoms with Crippen LogP contribution in [0.15, 0.2) is 48.6 Å². The Morgan fingerprint density at radius 2 is 1.02 bits per heavy atom. The van der Waals surface area contributed by atoms with E-state index in [-0.39, 0.29) is 26.1 Å². The molecule has 0 radical (unpaired) electrons.